The smallest absolute Gasteiger partial charge is 0.294 e. The Bertz CT molecular complexity index is 1060. The van der Waals surface area contributed by atoms with Crippen molar-refractivity contribution >= 4 is 28.9 Å². The molecule has 5 rings (SSSR count). The standard InChI is InChI=1S/C23H21N3O4/c1-13-2-4-14(5-3-13)12-24-18-9-8-17(11-19(18)26(29)30)25-22(27)20-15-6-7-16(10-15)21(20)23(25)28/h2-9,11,15-16,20-21,24H,10,12H2,1H3/t15-,16-,20-,21+/m0/s1. The maximum absolute atomic E-state index is 13.0. The summed E-state index contributed by atoms with van der Waals surface area (Å²) in [6.07, 6.45) is 4.91. The van der Waals surface area contributed by atoms with Gasteiger partial charge in [0.1, 0.15) is 5.69 Å². The van der Waals surface area contributed by atoms with Gasteiger partial charge in [-0.1, -0.05) is 42.0 Å². The number of nitro groups is 1. The molecule has 0 radical (unpaired) electrons. The minimum absolute atomic E-state index is 0.104. The highest BCUT2D eigenvalue weighted by Crippen LogP contribution is 2.53. The van der Waals surface area contributed by atoms with Gasteiger partial charge in [-0.3, -0.25) is 19.7 Å². The van der Waals surface area contributed by atoms with Crippen LogP contribution in [0.3, 0.4) is 0 Å². The van der Waals surface area contributed by atoms with E-state index in [9.17, 15) is 19.7 Å². The van der Waals surface area contributed by atoms with Gasteiger partial charge < -0.3 is 5.32 Å². The summed E-state index contributed by atoms with van der Waals surface area (Å²) in [5.41, 5.74) is 2.61. The quantitative estimate of drug-likeness (QED) is 0.355. The van der Waals surface area contributed by atoms with E-state index in [4.69, 9.17) is 0 Å². The second-order valence-corrected chi connectivity index (χ2v) is 8.31. The van der Waals surface area contributed by atoms with Crippen LogP contribution in [-0.2, 0) is 16.1 Å². The molecule has 7 heteroatoms. The van der Waals surface area contributed by atoms with Crippen LogP contribution in [0, 0.1) is 40.7 Å². The molecular formula is C23H21N3O4. The number of benzene rings is 2. The zero-order valence-corrected chi connectivity index (χ0v) is 16.4. The first-order valence-electron chi connectivity index (χ1n) is 10.1. The third kappa shape index (κ3) is 2.81. The lowest BCUT2D eigenvalue weighted by atomic mass is 9.85. The Morgan fingerprint density at radius 2 is 1.67 bits per heavy atom. The topological polar surface area (TPSA) is 92.6 Å². The van der Waals surface area contributed by atoms with E-state index < -0.39 is 4.92 Å². The molecule has 2 aromatic rings. The van der Waals surface area contributed by atoms with Gasteiger partial charge in [-0.05, 0) is 42.9 Å². The largest absolute Gasteiger partial charge is 0.375 e. The second-order valence-electron chi connectivity index (χ2n) is 8.31. The molecule has 4 atom stereocenters. The van der Waals surface area contributed by atoms with Crippen molar-refractivity contribution in [1.82, 2.24) is 0 Å². The number of amides is 2. The highest BCUT2D eigenvalue weighted by atomic mass is 16.6. The van der Waals surface area contributed by atoms with Crippen molar-refractivity contribution in [2.75, 3.05) is 10.2 Å². The molecule has 1 saturated carbocycles. The average molecular weight is 403 g/mol. The maximum Gasteiger partial charge on any atom is 0.294 e. The lowest BCUT2D eigenvalue weighted by Gasteiger charge is -2.18. The van der Waals surface area contributed by atoms with E-state index in [1.54, 1.807) is 12.1 Å². The molecule has 152 valence electrons. The lowest BCUT2D eigenvalue weighted by molar-refractivity contribution is -0.383. The van der Waals surface area contributed by atoms with E-state index in [0.717, 1.165) is 22.4 Å². The third-order valence-corrected chi connectivity index (χ3v) is 6.51. The summed E-state index contributed by atoms with van der Waals surface area (Å²) in [7, 11) is 0. The summed E-state index contributed by atoms with van der Waals surface area (Å²) in [5, 5.41) is 14.8. The van der Waals surface area contributed by atoms with Crippen LogP contribution in [0.1, 0.15) is 17.5 Å². The van der Waals surface area contributed by atoms with Crippen LogP contribution in [-0.4, -0.2) is 16.7 Å². The Labute approximate surface area is 173 Å². The molecule has 1 saturated heterocycles. The number of hydrogen-bond acceptors (Lipinski definition) is 5. The average Bonchev–Trinajstić information content (AvgIpc) is 3.41. The Balaban J connectivity index is 1.41. The van der Waals surface area contributed by atoms with Crippen LogP contribution < -0.4 is 10.2 Å². The van der Waals surface area contributed by atoms with Crippen LogP contribution in [0.25, 0.3) is 0 Å². The van der Waals surface area contributed by atoms with E-state index in [2.05, 4.69) is 5.32 Å². The molecule has 0 unspecified atom stereocenters. The number of hydrogen-bond donors (Lipinski definition) is 1. The Kier molecular flexibility index (Phi) is 4.20. The summed E-state index contributed by atoms with van der Waals surface area (Å²) < 4.78 is 0. The zero-order chi connectivity index (χ0) is 21.0. The second kappa shape index (κ2) is 6.79. The highest BCUT2D eigenvalue weighted by Gasteiger charge is 2.59. The fourth-order valence-electron chi connectivity index (χ4n) is 5.02. The maximum atomic E-state index is 13.0. The molecule has 7 nitrogen and oxygen atoms in total. The molecule has 2 aromatic carbocycles. The number of allylic oxidation sites excluding steroid dienone is 2. The van der Waals surface area contributed by atoms with Gasteiger partial charge in [-0.2, -0.15) is 0 Å². The minimum Gasteiger partial charge on any atom is -0.375 e. The number of imide groups is 1. The van der Waals surface area contributed by atoms with Crippen LogP contribution in [0.5, 0.6) is 0 Å². The third-order valence-electron chi connectivity index (χ3n) is 6.51. The zero-order valence-electron chi connectivity index (χ0n) is 16.4. The number of aryl methyl sites for hydroxylation is 1. The molecule has 0 aromatic heterocycles. The van der Waals surface area contributed by atoms with Gasteiger partial charge in [0.15, 0.2) is 0 Å². The molecule has 30 heavy (non-hydrogen) atoms. The van der Waals surface area contributed by atoms with Crippen molar-refractivity contribution in [2.24, 2.45) is 23.7 Å². The molecule has 2 bridgehead atoms. The number of carbonyl (C=O) groups is 2. The monoisotopic (exact) mass is 403 g/mol. The van der Waals surface area contributed by atoms with Gasteiger partial charge in [0.05, 0.1) is 22.4 Å². The normalized spacial score (nSPS) is 26.4. The van der Waals surface area contributed by atoms with Gasteiger partial charge in [0.25, 0.3) is 5.69 Å². The first kappa shape index (κ1) is 18.5. The molecule has 1 heterocycles. The first-order valence-corrected chi connectivity index (χ1v) is 10.1. The first-order chi connectivity index (χ1) is 14.4. The van der Waals surface area contributed by atoms with Crippen LogP contribution in [0.15, 0.2) is 54.6 Å². The van der Waals surface area contributed by atoms with Crippen molar-refractivity contribution in [1.29, 1.82) is 0 Å². The lowest BCUT2D eigenvalue weighted by Crippen LogP contribution is -2.32. The summed E-state index contributed by atoms with van der Waals surface area (Å²) in [4.78, 5) is 38.3. The Morgan fingerprint density at radius 1 is 1.03 bits per heavy atom. The SMILES string of the molecule is Cc1ccc(CNc2ccc(N3C(=O)[C@@H]4[C@H](C3=O)[C@H]3C=C[C@H]4C3)cc2[N+](=O)[O-])cc1. The van der Waals surface area contributed by atoms with Crippen LogP contribution >= 0.6 is 0 Å². The number of nitrogens with zero attached hydrogens (tertiary/aromatic N) is 2. The molecular weight excluding hydrogens is 382 g/mol. The van der Waals surface area contributed by atoms with Gasteiger partial charge >= 0.3 is 0 Å². The molecule has 2 fully saturated rings. The number of nitro benzene ring substituents is 1. The summed E-state index contributed by atoms with van der Waals surface area (Å²) in [6, 6.07) is 12.4. The van der Waals surface area contributed by atoms with E-state index in [1.165, 1.54) is 6.07 Å². The summed E-state index contributed by atoms with van der Waals surface area (Å²) >= 11 is 0. The van der Waals surface area contributed by atoms with E-state index in [-0.39, 0.29) is 46.9 Å². The predicted octanol–water partition coefficient (Wildman–Crippen LogP) is 3.83. The Hall–Kier alpha value is -3.48. The van der Waals surface area contributed by atoms with E-state index in [1.807, 2.05) is 43.3 Å². The van der Waals surface area contributed by atoms with Crippen molar-refractivity contribution < 1.29 is 14.5 Å². The van der Waals surface area contributed by atoms with E-state index >= 15 is 0 Å². The molecule has 2 amide bonds. The van der Waals surface area contributed by atoms with Crippen molar-refractivity contribution in [3.8, 4) is 0 Å². The fourth-order valence-corrected chi connectivity index (χ4v) is 5.02. The molecule has 1 aliphatic heterocycles. The summed E-state index contributed by atoms with van der Waals surface area (Å²) in [5.74, 6) is -0.927. The minimum atomic E-state index is -0.488. The van der Waals surface area contributed by atoms with Crippen molar-refractivity contribution in [3.63, 3.8) is 0 Å². The number of carbonyl (C=O) groups excluding carboxylic acids is 2. The predicted molar refractivity (Wildman–Crippen MR) is 112 cm³/mol. The van der Waals surface area contributed by atoms with Gasteiger partial charge in [-0.25, -0.2) is 4.90 Å². The van der Waals surface area contributed by atoms with Crippen LogP contribution in [0.4, 0.5) is 17.1 Å². The van der Waals surface area contributed by atoms with Crippen molar-refractivity contribution in [2.45, 2.75) is 19.9 Å². The molecule has 2 aliphatic carbocycles. The van der Waals surface area contributed by atoms with Crippen LogP contribution in [0.2, 0.25) is 0 Å². The van der Waals surface area contributed by atoms with Gasteiger partial charge in [0, 0.05) is 12.6 Å². The number of rotatable bonds is 5. The van der Waals surface area contributed by atoms with Gasteiger partial charge in [0.2, 0.25) is 11.8 Å². The van der Waals surface area contributed by atoms with Gasteiger partial charge in [-0.15, -0.1) is 0 Å². The fraction of sp³-hybridized carbons (Fsp3) is 0.304. The number of fused-ring (bicyclic) bond motifs is 5. The van der Waals surface area contributed by atoms with E-state index in [0.29, 0.717) is 12.2 Å². The molecule has 1 N–H and O–H groups in total. The number of anilines is 2. The highest BCUT2D eigenvalue weighted by molar-refractivity contribution is 6.23. The molecule has 3 aliphatic rings. The molecule has 0 spiro atoms. The van der Waals surface area contributed by atoms with Crippen molar-refractivity contribution in [3.05, 3.63) is 75.9 Å². The Morgan fingerprint density at radius 3 is 2.27 bits per heavy atom. The summed E-state index contributed by atoms with van der Waals surface area (Å²) in [6.45, 7) is 2.43. The number of nitrogens with one attached hydrogen (secondary N) is 1.